The summed E-state index contributed by atoms with van der Waals surface area (Å²) in [5.74, 6) is 0.296. The molecule has 5 rings (SSSR count). The zero-order valence-electron chi connectivity index (χ0n) is 18.3. The quantitative estimate of drug-likeness (QED) is 0.749. The van der Waals surface area contributed by atoms with Crippen LogP contribution in [0, 0.1) is 12.7 Å². The Hall–Kier alpha value is -3.17. The molecule has 9 nitrogen and oxygen atoms in total. The monoisotopic (exact) mass is 443 g/mol. The number of carbonyl (C=O) groups is 2. The number of hydrogen-bond donors (Lipinski definition) is 2. The molecule has 2 amide bonds. The second kappa shape index (κ2) is 7.46. The standard InChI is InChI=1S/C22H26FN5O4/c1-10-14(5-7-16(29)24-3)26-20-18-17(10)13(23)8-25-21(18)32-11(2)19-15-6-4-12(9-27(19)20)28(15)22(30)31/h8,11-12,15,19H,4-7,9H2,1-3H3,(H,24,29)(H,30,31). The van der Waals surface area contributed by atoms with Gasteiger partial charge < -0.3 is 20.1 Å². The van der Waals surface area contributed by atoms with Gasteiger partial charge in [-0.1, -0.05) is 0 Å². The smallest absolute Gasteiger partial charge is 0.407 e. The fraction of sp³-hybridized carbons (Fsp3) is 0.545. The van der Waals surface area contributed by atoms with Gasteiger partial charge in [0, 0.05) is 31.1 Å². The van der Waals surface area contributed by atoms with Crippen molar-refractivity contribution < 1.29 is 23.8 Å². The summed E-state index contributed by atoms with van der Waals surface area (Å²) in [6, 6.07) is -0.670. The van der Waals surface area contributed by atoms with Crippen molar-refractivity contribution in [2.75, 3.05) is 18.5 Å². The number of nitrogens with zero attached hydrogens (tertiary/aromatic N) is 4. The first kappa shape index (κ1) is 20.7. The van der Waals surface area contributed by atoms with Crippen LogP contribution in [0.5, 0.6) is 5.88 Å². The highest BCUT2D eigenvalue weighted by atomic mass is 19.1. The lowest BCUT2D eigenvalue weighted by Gasteiger charge is -2.47. The maximum absolute atomic E-state index is 15.1. The molecule has 0 aromatic carbocycles. The Balaban J connectivity index is 1.69. The van der Waals surface area contributed by atoms with Crippen molar-refractivity contribution in [1.29, 1.82) is 0 Å². The zero-order chi connectivity index (χ0) is 22.7. The zero-order valence-corrected chi connectivity index (χ0v) is 18.3. The molecular weight excluding hydrogens is 417 g/mol. The molecule has 170 valence electrons. The molecule has 32 heavy (non-hydrogen) atoms. The number of nitrogens with one attached hydrogen (secondary N) is 1. The molecular formula is C22H26FN5O4. The summed E-state index contributed by atoms with van der Waals surface area (Å²) in [6.45, 7) is 4.16. The lowest BCUT2D eigenvalue weighted by Crippen LogP contribution is -2.64. The van der Waals surface area contributed by atoms with E-state index in [0.29, 0.717) is 46.7 Å². The van der Waals surface area contributed by atoms with Crippen LogP contribution in [0.2, 0.25) is 0 Å². The fourth-order valence-corrected chi connectivity index (χ4v) is 5.68. The molecule has 2 N–H and O–H groups in total. The van der Waals surface area contributed by atoms with Crippen LogP contribution in [-0.2, 0) is 11.2 Å². The van der Waals surface area contributed by atoms with E-state index in [0.717, 1.165) is 19.0 Å². The second-order valence-electron chi connectivity index (χ2n) is 8.80. The molecule has 5 heterocycles. The molecule has 4 unspecified atom stereocenters. The molecule has 0 radical (unpaired) electrons. The van der Waals surface area contributed by atoms with Crippen LogP contribution >= 0.6 is 0 Å². The number of ether oxygens (including phenoxy) is 1. The van der Waals surface area contributed by atoms with Gasteiger partial charge in [-0.2, -0.15) is 0 Å². The Bertz CT molecular complexity index is 1130. The van der Waals surface area contributed by atoms with Gasteiger partial charge in [0.05, 0.1) is 29.7 Å². The minimum absolute atomic E-state index is 0.115. The summed E-state index contributed by atoms with van der Waals surface area (Å²) in [4.78, 5) is 36.6. The van der Waals surface area contributed by atoms with Crippen molar-refractivity contribution >= 4 is 28.6 Å². The van der Waals surface area contributed by atoms with E-state index >= 15 is 4.39 Å². The number of fused-ring (bicyclic) bond motifs is 5. The minimum atomic E-state index is -0.927. The average Bonchev–Trinajstić information content (AvgIpc) is 3.02. The number of halogens is 1. The van der Waals surface area contributed by atoms with Crippen molar-refractivity contribution in [3.8, 4) is 5.88 Å². The minimum Gasteiger partial charge on any atom is -0.472 e. The van der Waals surface area contributed by atoms with Crippen molar-refractivity contribution in [3.05, 3.63) is 23.3 Å². The van der Waals surface area contributed by atoms with Gasteiger partial charge in [-0.15, -0.1) is 0 Å². The molecule has 0 saturated carbocycles. The van der Waals surface area contributed by atoms with E-state index in [4.69, 9.17) is 9.72 Å². The molecule has 2 bridgehead atoms. The molecule has 2 aromatic rings. The normalized spacial score (nSPS) is 25.9. The Kier molecular flexibility index (Phi) is 4.83. The average molecular weight is 443 g/mol. The number of amides is 2. The number of anilines is 1. The lowest BCUT2D eigenvalue weighted by molar-refractivity contribution is -0.120. The first-order chi connectivity index (χ1) is 15.3. The third kappa shape index (κ3) is 2.96. The van der Waals surface area contributed by atoms with Crippen molar-refractivity contribution in [3.63, 3.8) is 0 Å². The van der Waals surface area contributed by atoms with Gasteiger partial charge in [-0.25, -0.2) is 19.2 Å². The van der Waals surface area contributed by atoms with Gasteiger partial charge in [0.25, 0.3) is 0 Å². The van der Waals surface area contributed by atoms with E-state index in [9.17, 15) is 14.7 Å². The van der Waals surface area contributed by atoms with Gasteiger partial charge in [-0.3, -0.25) is 9.69 Å². The number of aryl methyl sites for hydroxylation is 2. The molecule has 2 fully saturated rings. The Morgan fingerprint density at radius 2 is 2.12 bits per heavy atom. The Morgan fingerprint density at radius 3 is 2.84 bits per heavy atom. The van der Waals surface area contributed by atoms with Crippen LogP contribution < -0.4 is 15.0 Å². The fourth-order valence-electron chi connectivity index (χ4n) is 5.68. The highest BCUT2D eigenvalue weighted by Gasteiger charge is 2.52. The SMILES string of the molecule is CNC(=O)CCc1nc2c3c(ncc(F)c3c1C)OC(C)C1C3CCC(CN21)N3C(=O)O. The lowest BCUT2D eigenvalue weighted by atomic mass is 9.97. The molecule has 2 aromatic heterocycles. The molecule has 3 aliphatic rings. The number of piperazine rings is 1. The summed E-state index contributed by atoms with van der Waals surface area (Å²) < 4.78 is 21.3. The maximum Gasteiger partial charge on any atom is 0.407 e. The Labute approximate surface area is 184 Å². The van der Waals surface area contributed by atoms with Crippen LogP contribution in [0.1, 0.15) is 37.4 Å². The van der Waals surface area contributed by atoms with Crippen LogP contribution in [0.4, 0.5) is 15.0 Å². The van der Waals surface area contributed by atoms with Gasteiger partial charge >= 0.3 is 6.09 Å². The van der Waals surface area contributed by atoms with E-state index in [1.165, 1.54) is 0 Å². The highest BCUT2D eigenvalue weighted by molar-refractivity contribution is 5.99. The van der Waals surface area contributed by atoms with Crippen molar-refractivity contribution in [1.82, 2.24) is 20.2 Å². The molecule has 3 aliphatic heterocycles. The highest BCUT2D eigenvalue weighted by Crippen LogP contribution is 2.45. The third-order valence-corrected chi connectivity index (χ3v) is 7.12. The van der Waals surface area contributed by atoms with Crippen molar-refractivity contribution in [2.45, 2.75) is 63.8 Å². The van der Waals surface area contributed by atoms with Gasteiger partial charge in [0.15, 0.2) is 0 Å². The predicted molar refractivity (Wildman–Crippen MR) is 115 cm³/mol. The number of pyridine rings is 2. The number of carbonyl (C=O) groups excluding carboxylic acids is 1. The van der Waals surface area contributed by atoms with Gasteiger partial charge in [-0.05, 0) is 38.7 Å². The van der Waals surface area contributed by atoms with Crippen LogP contribution in [0.25, 0.3) is 10.8 Å². The van der Waals surface area contributed by atoms with E-state index in [-0.39, 0.29) is 36.6 Å². The van der Waals surface area contributed by atoms with E-state index in [1.807, 2.05) is 6.92 Å². The van der Waals surface area contributed by atoms with Gasteiger partial charge in [0.1, 0.15) is 17.7 Å². The number of hydrogen-bond acceptors (Lipinski definition) is 6. The summed E-state index contributed by atoms with van der Waals surface area (Å²) in [5, 5.41) is 13.3. The maximum atomic E-state index is 15.1. The van der Waals surface area contributed by atoms with E-state index < -0.39 is 11.9 Å². The van der Waals surface area contributed by atoms with Crippen LogP contribution in [0.3, 0.4) is 0 Å². The predicted octanol–water partition coefficient (Wildman–Crippen LogP) is 2.24. The van der Waals surface area contributed by atoms with Crippen LogP contribution in [-0.4, -0.2) is 69.8 Å². The largest absolute Gasteiger partial charge is 0.472 e. The van der Waals surface area contributed by atoms with E-state index in [1.54, 1.807) is 18.9 Å². The van der Waals surface area contributed by atoms with Crippen LogP contribution in [0.15, 0.2) is 6.20 Å². The first-order valence-corrected chi connectivity index (χ1v) is 10.9. The summed E-state index contributed by atoms with van der Waals surface area (Å²) in [7, 11) is 1.58. The van der Waals surface area contributed by atoms with Gasteiger partial charge in [0.2, 0.25) is 11.8 Å². The molecule has 2 saturated heterocycles. The molecule has 10 heteroatoms. The third-order valence-electron chi connectivity index (χ3n) is 7.12. The van der Waals surface area contributed by atoms with Crippen molar-refractivity contribution in [2.24, 2.45) is 0 Å². The molecule has 4 atom stereocenters. The van der Waals surface area contributed by atoms with E-state index in [2.05, 4.69) is 15.2 Å². The number of aromatic nitrogens is 2. The Morgan fingerprint density at radius 1 is 1.34 bits per heavy atom. The summed E-state index contributed by atoms with van der Waals surface area (Å²) in [5.41, 5.74) is 1.31. The second-order valence-corrected chi connectivity index (χ2v) is 8.80. The topological polar surface area (TPSA) is 108 Å². The number of carboxylic acid groups (broad SMARTS) is 1. The molecule has 0 aliphatic carbocycles. The summed E-state index contributed by atoms with van der Waals surface area (Å²) in [6.07, 6.45) is 1.97. The first-order valence-electron chi connectivity index (χ1n) is 10.9. The summed E-state index contributed by atoms with van der Waals surface area (Å²) >= 11 is 0. The molecule has 0 spiro atoms. The number of rotatable bonds is 3.